The van der Waals surface area contributed by atoms with Crippen molar-refractivity contribution in [2.45, 2.75) is 32.5 Å². The van der Waals surface area contributed by atoms with Crippen molar-refractivity contribution < 1.29 is 14.3 Å². The first kappa shape index (κ1) is 14.0. The van der Waals surface area contributed by atoms with Gasteiger partial charge in [-0.15, -0.1) is 0 Å². The number of aryl methyl sites for hydroxylation is 1. The maximum atomic E-state index is 12.1. The molecule has 0 radical (unpaired) electrons. The lowest BCUT2D eigenvalue weighted by molar-refractivity contribution is -0.0974. The molecular weight excluding hydrogens is 246 g/mol. The van der Waals surface area contributed by atoms with Gasteiger partial charge in [0, 0.05) is 25.5 Å². The Labute approximate surface area is 112 Å². The number of H-pyrrole nitrogens is 1. The minimum atomic E-state index is -0.433. The number of nitrogens with one attached hydrogen (secondary N) is 2. The maximum absolute atomic E-state index is 12.1. The first-order chi connectivity index (χ1) is 9.15. The molecule has 0 spiro atoms. The van der Waals surface area contributed by atoms with E-state index in [-0.39, 0.29) is 5.91 Å². The van der Waals surface area contributed by atoms with E-state index in [1.165, 1.54) is 0 Å². The van der Waals surface area contributed by atoms with Gasteiger partial charge in [0.1, 0.15) is 0 Å². The molecule has 1 amide bonds. The standard InChI is InChI=1S/C13H21N3O3/c1-8-4-5-10-9(6-8)12(16-15-10)13(17)14-7-11(18-2)19-3/h8,11H,4-7H2,1-3H3,(H,14,17)(H,15,16). The minimum Gasteiger partial charge on any atom is -0.354 e. The van der Waals surface area contributed by atoms with Crippen LogP contribution in [-0.2, 0) is 22.3 Å². The van der Waals surface area contributed by atoms with Gasteiger partial charge in [-0.3, -0.25) is 9.89 Å². The molecule has 6 heteroatoms. The maximum Gasteiger partial charge on any atom is 0.272 e. The molecule has 0 saturated carbocycles. The lowest BCUT2D eigenvalue weighted by atomic mass is 9.88. The molecule has 1 unspecified atom stereocenters. The summed E-state index contributed by atoms with van der Waals surface area (Å²) in [5.74, 6) is 0.424. The number of aromatic amines is 1. The molecule has 0 saturated heterocycles. The van der Waals surface area contributed by atoms with E-state index in [0.717, 1.165) is 30.5 Å². The van der Waals surface area contributed by atoms with Gasteiger partial charge in [0.15, 0.2) is 12.0 Å². The number of carbonyl (C=O) groups is 1. The van der Waals surface area contributed by atoms with E-state index < -0.39 is 6.29 Å². The summed E-state index contributed by atoms with van der Waals surface area (Å²) >= 11 is 0. The molecule has 19 heavy (non-hydrogen) atoms. The van der Waals surface area contributed by atoms with Crippen LogP contribution in [0.25, 0.3) is 0 Å². The molecule has 1 atom stereocenters. The number of aromatic nitrogens is 2. The molecule has 1 aromatic heterocycles. The Morgan fingerprint density at radius 2 is 2.26 bits per heavy atom. The summed E-state index contributed by atoms with van der Waals surface area (Å²) in [6.45, 7) is 2.51. The van der Waals surface area contributed by atoms with Gasteiger partial charge < -0.3 is 14.8 Å². The van der Waals surface area contributed by atoms with E-state index in [9.17, 15) is 4.79 Å². The Hall–Kier alpha value is -1.40. The molecule has 6 nitrogen and oxygen atoms in total. The topological polar surface area (TPSA) is 76.2 Å². The Bertz CT molecular complexity index is 440. The monoisotopic (exact) mass is 267 g/mol. The Morgan fingerprint density at radius 1 is 1.53 bits per heavy atom. The van der Waals surface area contributed by atoms with Crippen molar-refractivity contribution in [2.75, 3.05) is 20.8 Å². The second kappa shape index (κ2) is 6.16. The van der Waals surface area contributed by atoms with E-state index in [1.807, 2.05) is 0 Å². The van der Waals surface area contributed by atoms with Crippen LogP contribution in [0.15, 0.2) is 0 Å². The number of fused-ring (bicyclic) bond motifs is 1. The average molecular weight is 267 g/mol. The molecule has 2 N–H and O–H groups in total. The number of hydrogen-bond acceptors (Lipinski definition) is 4. The first-order valence-corrected chi connectivity index (χ1v) is 6.55. The van der Waals surface area contributed by atoms with Crippen LogP contribution in [0.2, 0.25) is 0 Å². The van der Waals surface area contributed by atoms with Gasteiger partial charge in [-0.05, 0) is 25.2 Å². The molecule has 0 aliphatic heterocycles. The zero-order valence-corrected chi connectivity index (χ0v) is 11.7. The number of rotatable bonds is 5. The zero-order chi connectivity index (χ0) is 13.8. The van der Waals surface area contributed by atoms with Gasteiger partial charge in [-0.2, -0.15) is 5.10 Å². The third-order valence-corrected chi connectivity index (χ3v) is 3.56. The van der Waals surface area contributed by atoms with E-state index in [4.69, 9.17) is 9.47 Å². The van der Waals surface area contributed by atoms with Gasteiger partial charge in [0.2, 0.25) is 0 Å². The van der Waals surface area contributed by atoms with Crippen molar-refractivity contribution in [1.82, 2.24) is 15.5 Å². The van der Waals surface area contributed by atoms with Crippen LogP contribution in [0.3, 0.4) is 0 Å². The van der Waals surface area contributed by atoms with Gasteiger partial charge in [-0.25, -0.2) is 0 Å². The van der Waals surface area contributed by atoms with Crippen LogP contribution in [0.5, 0.6) is 0 Å². The fraction of sp³-hybridized carbons (Fsp3) is 0.692. The Balaban J connectivity index is 2.02. The number of amides is 1. The zero-order valence-electron chi connectivity index (χ0n) is 11.7. The lowest BCUT2D eigenvalue weighted by Crippen LogP contribution is -2.35. The number of hydrogen-bond donors (Lipinski definition) is 2. The van der Waals surface area contributed by atoms with Crippen LogP contribution < -0.4 is 5.32 Å². The largest absolute Gasteiger partial charge is 0.354 e. The summed E-state index contributed by atoms with van der Waals surface area (Å²) in [6.07, 6.45) is 2.59. The fourth-order valence-corrected chi connectivity index (χ4v) is 2.38. The molecule has 0 aromatic carbocycles. The lowest BCUT2D eigenvalue weighted by Gasteiger charge is -2.18. The number of carbonyl (C=O) groups excluding carboxylic acids is 1. The van der Waals surface area contributed by atoms with Crippen molar-refractivity contribution in [1.29, 1.82) is 0 Å². The second-order valence-corrected chi connectivity index (χ2v) is 4.99. The Kier molecular flexibility index (Phi) is 4.55. The summed E-state index contributed by atoms with van der Waals surface area (Å²) in [5.41, 5.74) is 2.66. The van der Waals surface area contributed by atoms with Gasteiger partial charge in [0.25, 0.3) is 5.91 Å². The summed E-state index contributed by atoms with van der Waals surface area (Å²) in [4.78, 5) is 12.1. The van der Waals surface area contributed by atoms with E-state index in [1.54, 1.807) is 14.2 Å². The van der Waals surface area contributed by atoms with E-state index in [2.05, 4.69) is 22.4 Å². The predicted octanol–water partition coefficient (Wildman–Crippen LogP) is 0.883. The van der Waals surface area contributed by atoms with Crippen molar-refractivity contribution in [3.63, 3.8) is 0 Å². The molecule has 2 rings (SSSR count). The first-order valence-electron chi connectivity index (χ1n) is 6.55. The van der Waals surface area contributed by atoms with Crippen LogP contribution in [0.1, 0.15) is 35.1 Å². The molecule has 106 valence electrons. The van der Waals surface area contributed by atoms with Gasteiger partial charge in [-0.1, -0.05) is 6.92 Å². The van der Waals surface area contributed by atoms with Crippen molar-refractivity contribution in [2.24, 2.45) is 5.92 Å². The van der Waals surface area contributed by atoms with Crippen LogP contribution in [0, 0.1) is 5.92 Å². The fourth-order valence-electron chi connectivity index (χ4n) is 2.38. The van der Waals surface area contributed by atoms with Crippen molar-refractivity contribution in [3.05, 3.63) is 17.0 Å². The highest BCUT2D eigenvalue weighted by Crippen LogP contribution is 2.25. The molecule has 1 aliphatic rings. The van der Waals surface area contributed by atoms with E-state index in [0.29, 0.717) is 18.2 Å². The van der Waals surface area contributed by atoms with Crippen LogP contribution in [0.4, 0.5) is 0 Å². The third-order valence-electron chi connectivity index (χ3n) is 3.56. The molecular formula is C13H21N3O3. The smallest absolute Gasteiger partial charge is 0.272 e. The predicted molar refractivity (Wildman–Crippen MR) is 69.9 cm³/mol. The number of nitrogens with zero attached hydrogens (tertiary/aromatic N) is 1. The second-order valence-electron chi connectivity index (χ2n) is 4.99. The van der Waals surface area contributed by atoms with Crippen LogP contribution >= 0.6 is 0 Å². The number of ether oxygens (including phenoxy) is 2. The average Bonchev–Trinajstić information content (AvgIpc) is 2.82. The molecule has 0 bridgehead atoms. The van der Waals surface area contributed by atoms with Gasteiger partial charge in [0.05, 0.1) is 6.54 Å². The highest BCUT2D eigenvalue weighted by Gasteiger charge is 2.24. The summed E-state index contributed by atoms with van der Waals surface area (Å²) in [5, 5.41) is 9.89. The summed E-state index contributed by atoms with van der Waals surface area (Å²) in [6, 6.07) is 0. The Morgan fingerprint density at radius 3 is 2.95 bits per heavy atom. The highest BCUT2D eigenvalue weighted by atomic mass is 16.7. The number of methoxy groups -OCH3 is 2. The SMILES string of the molecule is COC(CNC(=O)c1n[nH]c2c1CC(C)CC2)OC. The summed E-state index contributed by atoms with van der Waals surface area (Å²) < 4.78 is 10.1. The van der Waals surface area contributed by atoms with Crippen molar-refractivity contribution in [3.8, 4) is 0 Å². The van der Waals surface area contributed by atoms with Crippen LogP contribution in [-0.4, -0.2) is 43.2 Å². The molecule has 0 fully saturated rings. The molecule has 1 aliphatic carbocycles. The quantitative estimate of drug-likeness (QED) is 0.777. The molecule has 1 heterocycles. The van der Waals surface area contributed by atoms with E-state index >= 15 is 0 Å². The third kappa shape index (κ3) is 3.13. The highest BCUT2D eigenvalue weighted by molar-refractivity contribution is 5.94. The normalized spacial score (nSPS) is 18.4. The van der Waals surface area contributed by atoms with Crippen molar-refractivity contribution >= 4 is 5.91 Å². The van der Waals surface area contributed by atoms with Gasteiger partial charge >= 0.3 is 0 Å². The molecule has 1 aromatic rings. The minimum absolute atomic E-state index is 0.175. The summed E-state index contributed by atoms with van der Waals surface area (Å²) in [7, 11) is 3.08.